The number of anilines is 2. The summed E-state index contributed by atoms with van der Waals surface area (Å²) in [6, 6.07) is 4.90. The van der Waals surface area contributed by atoms with Crippen LogP contribution in [0, 0.1) is 0 Å². The van der Waals surface area contributed by atoms with Gasteiger partial charge in [-0.15, -0.1) is 0 Å². The van der Waals surface area contributed by atoms with E-state index >= 15 is 0 Å². The molecule has 0 atom stereocenters. The summed E-state index contributed by atoms with van der Waals surface area (Å²) in [5.74, 6) is -0.246. The Kier molecular flexibility index (Phi) is 4.39. The zero-order chi connectivity index (χ0) is 11.3. The van der Waals surface area contributed by atoms with Crippen molar-refractivity contribution in [1.29, 1.82) is 0 Å². The van der Waals surface area contributed by atoms with Crippen LogP contribution in [0.2, 0.25) is 5.02 Å². The Morgan fingerprint density at radius 2 is 2.33 bits per heavy atom. The Morgan fingerprint density at radius 1 is 1.60 bits per heavy atom. The van der Waals surface area contributed by atoms with E-state index < -0.39 is 0 Å². The smallest absolute Gasteiger partial charge is 0.250 e. The van der Waals surface area contributed by atoms with Crippen molar-refractivity contribution in [3.8, 4) is 0 Å². The highest BCUT2D eigenvalue weighted by Crippen LogP contribution is 2.23. The number of benzene rings is 1. The number of hydrogen-bond donors (Lipinski definition) is 2. The summed E-state index contributed by atoms with van der Waals surface area (Å²) >= 11 is 5.86. The van der Waals surface area contributed by atoms with Crippen molar-refractivity contribution in [3.05, 3.63) is 23.2 Å². The SMILES string of the molecule is CCOCC(=O)Nc1cc(N)ccc1Cl. The van der Waals surface area contributed by atoms with Gasteiger partial charge in [-0.3, -0.25) is 4.79 Å². The maximum absolute atomic E-state index is 11.3. The molecule has 1 aromatic carbocycles. The first-order valence-corrected chi connectivity index (χ1v) is 4.94. The second-order valence-electron chi connectivity index (χ2n) is 2.92. The molecule has 82 valence electrons. The van der Waals surface area contributed by atoms with Gasteiger partial charge >= 0.3 is 0 Å². The molecular weight excluding hydrogens is 216 g/mol. The first-order valence-electron chi connectivity index (χ1n) is 4.56. The number of rotatable bonds is 4. The predicted molar refractivity (Wildman–Crippen MR) is 61.0 cm³/mol. The Labute approximate surface area is 93.4 Å². The maximum atomic E-state index is 11.3. The van der Waals surface area contributed by atoms with Crippen molar-refractivity contribution in [2.75, 3.05) is 24.3 Å². The van der Waals surface area contributed by atoms with Crippen LogP contribution in [-0.4, -0.2) is 19.1 Å². The van der Waals surface area contributed by atoms with E-state index in [2.05, 4.69) is 5.32 Å². The number of nitrogens with one attached hydrogen (secondary N) is 1. The summed E-state index contributed by atoms with van der Waals surface area (Å²) in [4.78, 5) is 11.3. The largest absolute Gasteiger partial charge is 0.399 e. The Bertz CT molecular complexity index is 355. The Balaban J connectivity index is 2.63. The topological polar surface area (TPSA) is 64.3 Å². The van der Waals surface area contributed by atoms with Crippen molar-refractivity contribution in [2.45, 2.75) is 6.92 Å². The van der Waals surface area contributed by atoms with Gasteiger partial charge in [0.25, 0.3) is 0 Å². The van der Waals surface area contributed by atoms with Crippen LogP contribution in [0.1, 0.15) is 6.92 Å². The molecule has 0 aromatic heterocycles. The highest BCUT2D eigenvalue weighted by Gasteiger charge is 2.05. The number of amides is 1. The van der Waals surface area contributed by atoms with Gasteiger partial charge in [0.05, 0.1) is 10.7 Å². The lowest BCUT2D eigenvalue weighted by Gasteiger charge is -2.07. The zero-order valence-corrected chi connectivity index (χ0v) is 9.17. The highest BCUT2D eigenvalue weighted by atomic mass is 35.5. The molecule has 5 heteroatoms. The van der Waals surface area contributed by atoms with E-state index in [0.29, 0.717) is 23.0 Å². The van der Waals surface area contributed by atoms with Crippen LogP contribution in [-0.2, 0) is 9.53 Å². The van der Waals surface area contributed by atoms with Gasteiger partial charge in [0.1, 0.15) is 6.61 Å². The number of ether oxygens (including phenoxy) is 1. The van der Waals surface area contributed by atoms with E-state index in [-0.39, 0.29) is 12.5 Å². The lowest BCUT2D eigenvalue weighted by molar-refractivity contribution is -0.120. The van der Waals surface area contributed by atoms with E-state index in [1.165, 1.54) is 0 Å². The number of carbonyl (C=O) groups is 1. The molecular formula is C10H13ClN2O2. The molecule has 0 saturated carbocycles. The monoisotopic (exact) mass is 228 g/mol. The summed E-state index contributed by atoms with van der Waals surface area (Å²) in [6.07, 6.45) is 0. The summed E-state index contributed by atoms with van der Waals surface area (Å²) in [5.41, 5.74) is 6.61. The van der Waals surface area contributed by atoms with E-state index in [4.69, 9.17) is 22.1 Å². The third kappa shape index (κ3) is 3.77. The van der Waals surface area contributed by atoms with E-state index in [0.717, 1.165) is 0 Å². The molecule has 0 aliphatic carbocycles. The summed E-state index contributed by atoms with van der Waals surface area (Å²) < 4.78 is 4.95. The van der Waals surface area contributed by atoms with Crippen LogP contribution >= 0.6 is 11.6 Å². The molecule has 0 heterocycles. The van der Waals surface area contributed by atoms with Crippen LogP contribution in [0.3, 0.4) is 0 Å². The highest BCUT2D eigenvalue weighted by molar-refractivity contribution is 6.33. The predicted octanol–water partition coefficient (Wildman–Crippen LogP) is 1.90. The van der Waals surface area contributed by atoms with Gasteiger partial charge in [0.2, 0.25) is 5.91 Å². The fourth-order valence-electron chi connectivity index (χ4n) is 1.02. The summed E-state index contributed by atoms with van der Waals surface area (Å²) in [7, 11) is 0. The van der Waals surface area contributed by atoms with Crippen molar-refractivity contribution < 1.29 is 9.53 Å². The van der Waals surface area contributed by atoms with Gasteiger partial charge in [-0.05, 0) is 25.1 Å². The number of halogens is 1. The standard InChI is InChI=1S/C10H13ClN2O2/c1-2-15-6-10(14)13-9-5-7(12)3-4-8(9)11/h3-5H,2,6,12H2,1H3,(H,13,14). The lowest BCUT2D eigenvalue weighted by Crippen LogP contribution is -2.18. The van der Waals surface area contributed by atoms with E-state index in [1.807, 2.05) is 6.92 Å². The van der Waals surface area contributed by atoms with Crippen LogP contribution in [0.25, 0.3) is 0 Å². The van der Waals surface area contributed by atoms with Crippen LogP contribution in [0.15, 0.2) is 18.2 Å². The fourth-order valence-corrected chi connectivity index (χ4v) is 1.18. The maximum Gasteiger partial charge on any atom is 0.250 e. The fraction of sp³-hybridized carbons (Fsp3) is 0.300. The molecule has 0 spiro atoms. The minimum absolute atomic E-state index is 0.0155. The third-order valence-electron chi connectivity index (χ3n) is 1.70. The van der Waals surface area contributed by atoms with Crippen LogP contribution in [0.5, 0.6) is 0 Å². The number of hydrogen-bond acceptors (Lipinski definition) is 3. The van der Waals surface area contributed by atoms with E-state index in [9.17, 15) is 4.79 Å². The minimum atomic E-state index is -0.246. The Hall–Kier alpha value is -1.26. The van der Waals surface area contributed by atoms with Crippen LogP contribution in [0.4, 0.5) is 11.4 Å². The number of carbonyl (C=O) groups excluding carboxylic acids is 1. The molecule has 1 rings (SSSR count). The molecule has 4 nitrogen and oxygen atoms in total. The number of nitrogen functional groups attached to an aromatic ring is 1. The molecule has 0 aliphatic heterocycles. The van der Waals surface area contributed by atoms with Crippen molar-refractivity contribution >= 4 is 28.9 Å². The number of nitrogens with two attached hydrogens (primary N) is 1. The molecule has 0 radical (unpaired) electrons. The molecule has 0 fully saturated rings. The first kappa shape index (κ1) is 11.8. The average molecular weight is 229 g/mol. The first-order chi connectivity index (χ1) is 7.13. The third-order valence-corrected chi connectivity index (χ3v) is 2.03. The molecule has 0 aliphatic rings. The minimum Gasteiger partial charge on any atom is -0.399 e. The van der Waals surface area contributed by atoms with Crippen molar-refractivity contribution in [2.24, 2.45) is 0 Å². The summed E-state index contributed by atoms with van der Waals surface area (Å²) in [6.45, 7) is 2.33. The molecule has 1 aromatic rings. The van der Waals surface area contributed by atoms with Gasteiger partial charge in [0.15, 0.2) is 0 Å². The van der Waals surface area contributed by atoms with Gasteiger partial charge in [-0.1, -0.05) is 11.6 Å². The van der Waals surface area contributed by atoms with Gasteiger partial charge < -0.3 is 15.8 Å². The molecule has 15 heavy (non-hydrogen) atoms. The van der Waals surface area contributed by atoms with Gasteiger partial charge in [0, 0.05) is 12.3 Å². The Morgan fingerprint density at radius 3 is 3.00 bits per heavy atom. The molecule has 1 amide bonds. The van der Waals surface area contributed by atoms with E-state index in [1.54, 1.807) is 18.2 Å². The second kappa shape index (κ2) is 5.58. The van der Waals surface area contributed by atoms with Gasteiger partial charge in [-0.25, -0.2) is 0 Å². The summed E-state index contributed by atoms with van der Waals surface area (Å²) in [5, 5.41) is 3.06. The van der Waals surface area contributed by atoms with Crippen molar-refractivity contribution in [1.82, 2.24) is 0 Å². The molecule has 0 unspecified atom stereocenters. The zero-order valence-electron chi connectivity index (χ0n) is 8.42. The molecule has 3 N–H and O–H groups in total. The quantitative estimate of drug-likeness (QED) is 0.774. The molecule has 0 saturated heterocycles. The normalized spacial score (nSPS) is 10.0. The van der Waals surface area contributed by atoms with Gasteiger partial charge in [-0.2, -0.15) is 0 Å². The second-order valence-corrected chi connectivity index (χ2v) is 3.33. The van der Waals surface area contributed by atoms with Crippen LogP contribution < -0.4 is 11.1 Å². The average Bonchev–Trinajstić information content (AvgIpc) is 2.20. The van der Waals surface area contributed by atoms with Crippen molar-refractivity contribution in [3.63, 3.8) is 0 Å². The molecule has 0 bridgehead atoms. The lowest BCUT2D eigenvalue weighted by atomic mass is 10.3.